The molecule has 16 heavy (non-hydrogen) atoms. The van der Waals surface area contributed by atoms with E-state index in [1.165, 1.54) is 0 Å². The van der Waals surface area contributed by atoms with Gasteiger partial charge in [-0.2, -0.15) is 0 Å². The lowest BCUT2D eigenvalue weighted by atomic mass is 10.1. The number of esters is 2. The van der Waals surface area contributed by atoms with Gasteiger partial charge in [0.25, 0.3) is 0 Å². The molecule has 2 rings (SSSR count). The Balaban J connectivity index is 2.34. The van der Waals surface area contributed by atoms with Gasteiger partial charge in [0, 0.05) is 5.56 Å². The van der Waals surface area contributed by atoms with E-state index in [9.17, 15) is 9.59 Å². The van der Waals surface area contributed by atoms with Gasteiger partial charge in [-0.05, 0) is 25.2 Å². The molecule has 4 heteroatoms. The van der Waals surface area contributed by atoms with Crippen molar-refractivity contribution in [2.45, 2.75) is 0 Å². The minimum atomic E-state index is -0.600. The van der Waals surface area contributed by atoms with E-state index in [4.69, 9.17) is 0 Å². The molecule has 0 amide bonds. The number of cyclic esters (lactones) is 2. The summed E-state index contributed by atoms with van der Waals surface area (Å²) in [5.41, 5.74) is 1.30. The predicted octanol–water partition coefficient (Wildman–Crippen LogP) is 0.568. The van der Waals surface area contributed by atoms with E-state index in [1.54, 1.807) is 25.2 Å². The highest BCUT2D eigenvalue weighted by molar-refractivity contribution is 6.14. The third-order valence-electron chi connectivity index (χ3n) is 2.14. The van der Waals surface area contributed by atoms with Crippen molar-refractivity contribution in [1.29, 1.82) is 0 Å². The van der Waals surface area contributed by atoms with E-state index >= 15 is 0 Å². The lowest BCUT2D eigenvalue weighted by Crippen LogP contribution is -2.04. The zero-order valence-electron chi connectivity index (χ0n) is 8.66. The van der Waals surface area contributed by atoms with Gasteiger partial charge < -0.3 is 10.1 Å². The molecule has 0 fully saturated rings. The molecule has 0 atom stereocenters. The molecule has 1 N–H and O–H groups in total. The molecule has 0 bridgehead atoms. The standard InChI is InChI=1S/C12H9NO3/c1-13-6-2-3-8-4-5-9-10(7-8)12(15)16-11(9)14/h4-5,7,13H,6H2,1H3. The third kappa shape index (κ3) is 1.81. The third-order valence-corrected chi connectivity index (χ3v) is 2.14. The number of ether oxygens (including phenoxy) is 1. The Bertz CT molecular complexity index is 523. The summed E-state index contributed by atoms with van der Waals surface area (Å²) in [5.74, 6) is 4.56. The second kappa shape index (κ2) is 4.17. The average Bonchev–Trinajstić information content (AvgIpc) is 2.55. The predicted molar refractivity (Wildman–Crippen MR) is 57.0 cm³/mol. The van der Waals surface area contributed by atoms with E-state index in [-0.39, 0.29) is 0 Å². The van der Waals surface area contributed by atoms with Crippen molar-refractivity contribution in [1.82, 2.24) is 5.32 Å². The number of nitrogens with one attached hydrogen (secondary N) is 1. The number of rotatable bonds is 1. The van der Waals surface area contributed by atoms with Crippen LogP contribution in [0, 0.1) is 11.8 Å². The Hall–Kier alpha value is -2.12. The summed E-state index contributed by atoms with van der Waals surface area (Å²) in [5, 5.41) is 2.89. The molecule has 0 aromatic heterocycles. The number of fused-ring (bicyclic) bond motifs is 1. The van der Waals surface area contributed by atoms with Crippen molar-refractivity contribution < 1.29 is 14.3 Å². The van der Waals surface area contributed by atoms with Crippen molar-refractivity contribution in [2.75, 3.05) is 13.6 Å². The first-order valence-electron chi connectivity index (χ1n) is 4.76. The molecule has 0 aliphatic carbocycles. The van der Waals surface area contributed by atoms with Crippen molar-refractivity contribution in [2.24, 2.45) is 0 Å². The first-order chi connectivity index (χ1) is 7.72. The van der Waals surface area contributed by atoms with Gasteiger partial charge in [0.05, 0.1) is 17.7 Å². The molecular formula is C12H9NO3. The molecule has 1 aromatic rings. The van der Waals surface area contributed by atoms with E-state index < -0.39 is 11.9 Å². The fraction of sp³-hybridized carbons (Fsp3) is 0.167. The number of hydrogen-bond acceptors (Lipinski definition) is 4. The minimum absolute atomic E-state index is 0.293. The first kappa shape index (κ1) is 10.4. The quantitative estimate of drug-likeness (QED) is 0.422. The SMILES string of the molecule is CNCC#Cc1ccc2c(c1)C(=O)OC2=O. The summed E-state index contributed by atoms with van der Waals surface area (Å²) in [7, 11) is 1.80. The second-order valence-electron chi connectivity index (χ2n) is 3.27. The maximum Gasteiger partial charge on any atom is 0.346 e. The zero-order valence-corrected chi connectivity index (χ0v) is 8.66. The van der Waals surface area contributed by atoms with Crippen LogP contribution in [0.4, 0.5) is 0 Å². The largest absolute Gasteiger partial charge is 0.386 e. The van der Waals surface area contributed by atoms with Crippen LogP contribution in [-0.4, -0.2) is 25.5 Å². The number of hydrogen-bond donors (Lipinski definition) is 1. The molecule has 0 saturated carbocycles. The van der Waals surface area contributed by atoms with Gasteiger partial charge in [-0.1, -0.05) is 11.8 Å². The van der Waals surface area contributed by atoms with E-state index in [0.717, 1.165) is 0 Å². The zero-order chi connectivity index (χ0) is 11.5. The molecule has 4 nitrogen and oxygen atoms in total. The Labute approximate surface area is 92.6 Å². The normalized spacial score (nSPS) is 12.8. The minimum Gasteiger partial charge on any atom is -0.386 e. The lowest BCUT2D eigenvalue weighted by Gasteiger charge is -1.93. The second-order valence-corrected chi connectivity index (χ2v) is 3.27. The summed E-state index contributed by atoms with van der Waals surface area (Å²) in [6, 6.07) is 4.83. The number of benzene rings is 1. The number of carbonyl (C=O) groups is 2. The lowest BCUT2D eigenvalue weighted by molar-refractivity contribution is 0.0444. The summed E-state index contributed by atoms with van der Waals surface area (Å²) < 4.78 is 4.47. The van der Waals surface area contributed by atoms with Crippen LogP contribution < -0.4 is 5.32 Å². The molecule has 1 aromatic carbocycles. The number of carbonyl (C=O) groups excluding carboxylic acids is 2. The van der Waals surface area contributed by atoms with Crippen LogP contribution in [0.25, 0.3) is 0 Å². The molecule has 0 spiro atoms. The van der Waals surface area contributed by atoms with Gasteiger partial charge >= 0.3 is 11.9 Å². The van der Waals surface area contributed by atoms with Gasteiger partial charge in [-0.25, -0.2) is 9.59 Å². The maximum absolute atomic E-state index is 11.3. The van der Waals surface area contributed by atoms with Crippen molar-refractivity contribution in [3.63, 3.8) is 0 Å². The van der Waals surface area contributed by atoms with Gasteiger partial charge in [-0.3, -0.25) is 0 Å². The van der Waals surface area contributed by atoms with Crippen molar-refractivity contribution in [3.05, 3.63) is 34.9 Å². The fourth-order valence-electron chi connectivity index (χ4n) is 1.40. The summed E-state index contributed by atoms with van der Waals surface area (Å²) >= 11 is 0. The fourth-order valence-corrected chi connectivity index (χ4v) is 1.40. The Morgan fingerprint density at radius 1 is 1.25 bits per heavy atom. The van der Waals surface area contributed by atoms with Gasteiger partial charge in [0.1, 0.15) is 0 Å². The Kier molecular flexibility index (Phi) is 2.71. The molecule has 0 unspecified atom stereocenters. The van der Waals surface area contributed by atoms with Crippen LogP contribution in [0.1, 0.15) is 26.3 Å². The van der Waals surface area contributed by atoms with Crippen LogP contribution in [0.2, 0.25) is 0 Å². The molecule has 1 heterocycles. The molecule has 0 radical (unpaired) electrons. The summed E-state index contributed by atoms with van der Waals surface area (Å²) in [4.78, 5) is 22.4. The summed E-state index contributed by atoms with van der Waals surface area (Å²) in [6.45, 7) is 0.570. The monoisotopic (exact) mass is 215 g/mol. The highest BCUT2D eigenvalue weighted by Gasteiger charge is 2.29. The van der Waals surface area contributed by atoms with E-state index in [2.05, 4.69) is 21.9 Å². The van der Waals surface area contributed by atoms with E-state index in [1.807, 2.05) is 0 Å². The van der Waals surface area contributed by atoms with Gasteiger partial charge in [0.2, 0.25) is 0 Å². The maximum atomic E-state index is 11.3. The van der Waals surface area contributed by atoms with Crippen LogP contribution in [-0.2, 0) is 4.74 Å². The molecule has 1 aliphatic rings. The van der Waals surface area contributed by atoms with Crippen LogP contribution in [0.5, 0.6) is 0 Å². The summed E-state index contributed by atoms with van der Waals surface area (Å²) in [6.07, 6.45) is 0. The Morgan fingerprint density at radius 3 is 2.75 bits per heavy atom. The van der Waals surface area contributed by atoms with Crippen LogP contribution in [0.3, 0.4) is 0 Å². The Morgan fingerprint density at radius 2 is 2.00 bits per heavy atom. The molecule has 1 aliphatic heterocycles. The van der Waals surface area contributed by atoms with Crippen LogP contribution >= 0.6 is 0 Å². The topological polar surface area (TPSA) is 55.4 Å². The van der Waals surface area contributed by atoms with Gasteiger partial charge in [-0.15, -0.1) is 0 Å². The molecular weight excluding hydrogens is 206 g/mol. The molecule has 0 saturated heterocycles. The van der Waals surface area contributed by atoms with Crippen molar-refractivity contribution in [3.8, 4) is 11.8 Å². The smallest absolute Gasteiger partial charge is 0.346 e. The molecule has 80 valence electrons. The van der Waals surface area contributed by atoms with Crippen molar-refractivity contribution >= 4 is 11.9 Å². The van der Waals surface area contributed by atoms with Crippen LogP contribution in [0.15, 0.2) is 18.2 Å². The van der Waals surface area contributed by atoms with Gasteiger partial charge in [0.15, 0.2) is 0 Å². The average molecular weight is 215 g/mol. The highest BCUT2D eigenvalue weighted by atomic mass is 16.6. The highest BCUT2D eigenvalue weighted by Crippen LogP contribution is 2.20. The van der Waals surface area contributed by atoms with E-state index in [0.29, 0.717) is 23.2 Å². The first-order valence-corrected chi connectivity index (χ1v) is 4.76.